The lowest BCUT2D eigenvalue weighted by Gasteiger charge is -2.16. The van der Waals surface area contributed by atoms with Gasteiger partial charge in [0, 0.05) is 18.3 Å². The number of aromatic nitrogens is 4. The Morgan fingerprint density at radius 2 is 2.03 bits per heavy atom. The standard InChI is InChI=1S/C21H18ClFN6O/c1-12(26-19-11-24-18-10-25-29(2)20(18)28-19)13-4-3-5-15(8-13)27-21(30)14-6-7-16(22)17(23)9-14/h3-12H,1-2H3,(H,26,28)(H,27,30)/t12-/m0/s1. The largest absolute Gasteiger partial charge is 0.362 e. The van der Waals surface area contributed by atoms with Crippen LogP contribution < -0.4 is 10.6 Å². The number of anilines is 2. The average Bonchev–Trinajstić information content (AvgIpc) is 3.10. The molecule has 0 aliphatic carbocycles. The molecule has 2 heterocycles. The minimum absolute atomic E-state index is 0.0270. The Morgan fingerprint density at radius 3 is 2.83 bits per heavy atom. The van der Waals surface area contributed by atoms with E-state index >= 15 is 0 Å². The SMILES string of the molecule is C[C@H](Nc1cnc2cnn(C)c2n1)c1cccc(NC(=O)c2ccc(Cl)c(F)c2)c1. The predicted molar refractivity (Wildman–Crippen MR) is 114 cm³/mol. The average molecular weight is 425 g/mol. The van der Waals surface area contributed by atoms with Gasteiger partial charge in [-0.2, -0.15) is 5.10 Å². The maximum Gasteiger partial charge on any atom is 0.255 e. The van der Waals surface area contributed by atoms with E-state index in [4.69, 9.17) is 11.6 Å². The topological polar surface area (TPSA) is 84.7 Å². The van der Waals surface area contributed by atoms with E-state index in [9.17, 15) is 9.18 Å². The Bertz CT molecular complexity index is 1240. The van der Waals surface area contributed by atoms with Crippen molar-refractivity contribution in [3.8, 4) is 0 Å². The highest BCUT2D eigenvalue weighted by Gasteiger charge is 2.12. The van der Waals surface area contributed by atoms with Gasteiger partial charge in [-0.25, -0.2) is 19.0 Å². The summed E-state index contributed by atoms with van der Waals surface area (Å²) in [6, 6.07) is 11.2. The quantitative estimate of drug-likeness (QED) is 0.489. The zero-order chi connectivity index (χ0) is 21.3. The molecule has 0 aliphatic heterocycles. The summed E-state index contributed by atoms with van der Waals surface area (Å²) in [4.78, 5) is 21.3. The van der Waals surface area contributed by atoms with Gasteiger partial charge < -0.3 is 10.6 Å². The van der Waals surface area contributed by atoms with E-state index in [0.717, 1.165) is 17.1 Å². The maximum absolute atomic E-state index is 13.6. The van der Waals surface area contributed by atoms with E-state index in [2.05, 4.69) is 25.7 Å². The van der Waals surface area contributed by atoms with Crippen LogP contribution in [0, 0.1) is 5.82 Å². The van der Waals surface area contributed by atoms with Crippen molar-refractivity contribution in [1.82, 2.24) is 19.7 Å². The molecule has 0 unspecified atom stereocenters. The van der Waals surface area contributed by atoms with Gasteiger partial charge in [0.15, 0.2) is 5.65 Å². The maximum atomic E-state index is 13.6. The molecule has 0 saturated heterocycles. The molecule has 0 fully saturated rings. The van der Waals surface area contributed by atoms with E-state index in [0.29, 0.717) is 17.2 Å². The summed E-state index contributed by atoms with van der Waals surface area (Å²) in [6.07, 6.45) is 3.31. The number of carbonyl (C=O) groups is 1. The Kier molecular flexibility index (Phi) is 5.33. The van der Waals surface area contributed by atoms with Gasteiger partial charge >= 0.3 is 0 Å². The van der Waals surface area contributed by atoms with Crippen LogP contribution in [0.25, 0.3) is 11.2 Å². The summed E-state index contributed by atoms with van der Waals surface area (Å²) in [5, 5.41) is 10.2. The summed E-state index contributed by atoms with van der Waals surface area (Å²) in [5.41, 5.74) is 3.12. The molecule has 4 aromatic rings. The number of halogens is 2. The molecule has 4 rings (SSSR count). The molecule has 7 nitrogen and oxygen atoms in total. The Morgan fingerprint density at radius 1 is 1.20 bits per heavy atom. The number of hydrogen-bond donors (Lipinski definition) is 2. The van der Waals surface area contributed by atoms with Crippen LogP contribution in [0.3, 0.4) is 0 Å². The first-order valence-corrected chi connectivity index (χ1v) is 9.56. The molecule has 152 valence electrons. The minimum Gasteiger partial charge on any atom is -0.362 e. The van der Waals surface area contributed by atoms with Crippen LogP contribution in [-0.4, -0.2) is 25.7 Å². The van der Waals surface area contributed by atoms with Crippen molar-refractivity contribution in [1.29, 1.82) is 0 Å². The van der Waals surface area contributed by atoms with Gasteiger partial charge in [0.05, 0.1) is 23.5 Å². The van der Waals surface area contributed by atoms with E-state index in [1.165, 1.54) is 12.1 Å². The van der Waals surface area contributed by atoms with Gasteiger partial charge in [-0.05, 0) is 42.8 Å². The molecule has 0 spiro atoms. The highest BCUT2D eigenvalue weighted by Crippen LogP contribution is 2.23. The Hall–Kier alpha value is -3.52. The first kappa shape index (κ1) is 19.8. The summed E-state index contributed by atoms with van der Waals surface area (Å²) < 4.78 is 15.3. The monoisotopic (exact) mass is 424 g/mol. The molecule has 9 heteroatoms. The lowest BCUT2D eigenvalue weighted by atomic mass is 10.1. The second-order valence-electron chi connectivity index (χ2n) is 6.81. The van der Waals surface area contributed by atoms with E-state index in [-0.39, 0.29) is 16.6 Å². The minimum atomic E-state index is -0.637. The van der Waals surface area contributed by atoms with Gasteiger partial charge in [0.25, 0.3) is 5.91 Å². The third-order valence-electron chi connectivity index (χ3n) is 4.63. The smallest absolute Gasteiger partial charge is 0.255 e. The van der Waals surface area contributed by atoms with Crippen LogP contribution in [0.15, 0.2) is 54.9 Å². The highest BCUT2D eigenvalue weighted by atomic mass is 35.5. The van der Waals surface area contributed by atoms with Crippen molar-refractivity contribution in [3.05, 3.63) is 76.8 Å². The molecule has 30 heavy (non-hydrogen) atoms. The van der Waals surface area contributed by atoms with Crippen molar-refractivity contribution in [2.75, 3.05) is 10.6 Å². The van der Waals surface area contributed by atoms with Crippen LogP contribution in [0.2, 0.25) is 5.02 Å². The predicted octanol–water partition coefficient (Wildman–Crippen LogP) is 4.58. The normalized spacial score (nSPS) is 12.0. The number of carbonyl (C=O) groups excluding carboxylic acids is 1. The number of nitrogens with one attached hydrogen (secondary N) is 2. The van der Waals surface area contributed by atoms with E-state index in [1.807, 2.05) is 32.2 Å². The second kappa shape index (κ2) is 8.08. The molecule has 0 radical (unpaired) electrons. The number of nitrogens with zero attached hydrogens (tertiary/aromatic N) is 4. The second-order valence-corrected chi connectivity index (χ2v) is 7.21. The zero-order valence-corrected chi connectivity index (χ0v) is 17.0. The number of hydrogen-bond acceptors (Lipinski definition) is 5. The summed E-state index contributed by atoms with van der Waals surface area (Å²) in [5.74, 6) is -0.442. The van der Waals surface area contributed by atoms with Crippen molar-refractivity contribution in [2.45, 2.75) is 13.0 Å². The number of rotatable bonds is 5. The summed E-state index contributed by atoms with van der Waals surface area (Å²) in [7, 11) is 1.81. The van der Waals surface area contributed by atoms with Crippen LogP contribution in [0.5, 0.6) is 0 Å². The highest BCUT2D eigenvalue weighted by molar-refractivity contribution is 6.30. The van der Waals surface area contributed by atoms with E-state index < -0.39 is 11.7 Å². The van der Waals surface area contributed by atoms with Crippen molar-refractivity contribution >= 4 is 40.2 Å². The van der Waals surface area contributed by atoms with Crippen molar-refractivity contribution < 1.29 is 9.18 Å². The molecule has 0 bridgehead atoms. The number of fused-ring (bicyclic) bond motifs is 1. The summed E-state index contributed by atoms with van der Waals surface area (Å²) >= 11 is 5.67. The number of benzene rings is 2. The van der Waals surface area contributed by atoms with E-state index in [1.54, 1.807) is 23.1 Å². The van der Waals surface area contributed by atoms with Gasteiger partial charge in [-0.1, -0.05) is 23.7 Å². The lowest BCUT2D eigenvalue weighted by Crippen LogP contribution is -2.13. The molecular formula is C21H18ClFN6O. The van der Waals surface area contributed by atoms with Crippen LogP contribution >= 0.6 is 11.6 Å². The third kappa shape index (κ3) is 4.08. The molecule has 2 aromatic heterocycles. The third-order valence-corrected chi connectivity index (χ3v) is 4.94. The number of aryl methyl sites for hydroxylation is 1. The molecule has 1 atom stereocenters. The van der Waals surface area contributed by atoms with Gasteiger partial charge in [-0.3, -0.25) is 4.79 Å². The summed E-state index contributed by atoms with van der Waals surface area (Å²) in [6.45, 7) is 1.98. The van der Waals surface area contributed by atoms with Crippen molar-refractivity contribution in [3.63, 3.8) is 0 Å². The first-order valence-electron chi connectivity index (χ1n) is 9.18. The molecule has 0 saturated carbocycles. The molecule has 2 N–H and O–H groups in total. The molecule has 2 aromatic carbocycles. The number of amides is 1. The van der Waals surface area contributed by atoms with Gasteiger partial charge in [0.1, 0.15) is 17.2 Å². The zero-order valence-electron chi connectivity index (χ0n) is 16.2. The Labute approximate surface area is 176 Å². The fourth-order valence-corrected chi connectivity index (χ4v) is 3.13. The van der Waals surface area contributed by atoms with Crippen molar-refractivity contribution in [2.24, 2.45) is 7.05 Å². The first-order chi connectivity index (χ1) is 14.4. The lowest BCUT2D eigenvalue weighted by molar-refractivity contribution is 0.102. The van der Waals surface area contributed by atoms with Crippen LogP contribution in [-0.2, 0) is 7.05 Å². The molecule has 1 amide bonds. The molecule has 0 aliphatic rings. The van der Waals surface area contributed by atoms with Gasteiger partial charge in [0.2, 0.25) is 0 Å². The van der Waals surface area contributed by atoms with Gasteiger partial charge in [-0.15, -0.1) is 0 Å². The van der Waals surface area contributed by atoms with Crippen LogP contribution in [0.1, 0.15) is 28.9 Å². The fourth-order valence-electron chi connectivity index (χ4n) is 3.01. The molecular weight excluding hydrogens is 407 g/mol. The Balaban J connectivity index is 1.49. The fraction of sp³-hybridized carbons (Fsp3) is 0.143. The van der Waals surface area contributed by atoms with Crippen LogP contribution in [0.4, 0.5) is 15.9 Å².